The first-order valence-electron chi connectivity index (χ1n) is 31.2. The van der Waals surface area contributed by atoms with Crippen LogP contribution >= 0.6 is 35.3 Å². The second kappa shape index (κ2) is 38.1. The molecule has 3 aliphatic rings. The molecule has 1 fully saturated rings. The van der Waals surface area contributed by atoms with Crippen LogP contribution in [-0.2, 0) is 85.1 Å². The number of oxime groups is 1. The number of amides is 11. The van der Waals surface area contributed by atoms with Crippen LogP contribution in [0.4, 0.5) is 0 Å². The van der Waals surface area contributed by atoms with Crippen molar-refractivity contribution in [1.82, 2.24) is 57.7 Å². The molecule has 4 heterocycles. The van der Waals surface area contributed by atoms with E-state index in [1.54, 1.807) is 56.6 Å². The lowest BCUT2D eigenvalue weighted by Crippen LogP contribution is -2.61. The number of ether oxygens (including phenoxy) is 1. The molecule has 11 amide bonds. The van der Waals surface area contributed by atoms with Crippen LogP contribution in [0.3, 0.4) is 0 Å². The SMILES string of the molecule is CSCC[C@@H]1NC(=O)[C@@H]2CCCN2C(=O)[C@@H]2CSCc3cc(cc(c3)OCCCCCCO/N=C/C(=O)N[C@@H](C)C(=O)N2)CSC[C@@H](C(N)=O)NC(=O)[C@H](CCC(=O)O)NC(=O)CNC(=O)[C@H](Cc2c[nH]c3ccccc23)NC(=O)C(C(C)C)NC(=O)[C@H](CC(=O)O)NC1=O. The molecule has 0 radical (unpaired) electrons. The van der Waals surface area contributed by atoms with E-state index in [1.165, 1.54) is 47.1 Å². The van der Waals surface area contributed by atoms with Gasteiger partial charge in [-0.05, 0) is 111 Å². The Morgan fingerprint density at radius 3 is 2.07 bits per heavy atom. The number of nitrogens with zero attached hydrogens (tertiary/aromatic N) is 2. The van der Waals surface area contributed by atoms with Crippen LogP contribution in [0.25, 0.3) is 10.9 Å². The highest BCUT2D eigenvalue weighted by atomic mass is 32.2. The number of nitrogens with one attached hydrogen (secondary N) is 10. The molecule has 3 aliphatic heterocycles. The summed E-state index contributed by atoms with van der Waals surface area (Å²) in [6.07, 6.45) is 5.22. The monoisotopic (exact) mass is 1380 g/mol. The van der Waals surface area contributed by atoms with Gasteiger partial charge in [-0.15, -0.1) is 0 Å². The number of carboxylic acid groups (broad SMARTS) is 2. The van der Waals surface area contributed by atoms with Gasteiger partial charge in [-0.25, -0.2) is 0 Å². The van der Waals surface area contributed by atoms with E-state index in [1.807, 2.05) is 12.1 Å². The van der Waals surface area contributed by atoms with Gasteiger partial charge in [-0.1, -0.05) is 43.3 Å². The van der Waals surface area contributed by atoms with Crippen molar-refractivity contribution in [2.45, 2.75) is 157 Å². The van der Waals surface area contributed by atoms with Crippen LogP contribution in [0.15, 0.2) is 53.8 Å². The Kier molecular flexibility index (Phi) is 30.2. The fourth-order valence-corrected chi connectivity index (χ4v) is 13.0. The maximum absolute atomic E-state index is 14.9. The Bertz CT molecular complexity index is 3280. The molecule has 1 unspecified atom stereocenters. The molecule has 0 aliphatic carbocycles. The Morgan fingerprint density at radius 1 is 0.716 bits per heavy atom. The number of hydrogen-bond acceptors (Lipinski definition) is 19. The number of aromatic amines is 1. The topological polar surface area (TPSA) is 447 Å². The Labute approximate surface area is 561 Å². The van der Waals surface area contributed by atoms with E-state index in [4.69, 9.17) is 15.3 Å². The van der Waals surface area contributed by atoms with Crippen molar-refractivity contribution in [2.75, 3.05) is 49.8 Å². The Hall–Kier alpha value is -8.59. The van der Waals surface area contributed by atoms with Gasteiger partial charge < -0.3 is 83.3 Å². The van der Waals surface area contributed by atoms with Gasteiger partial charge >= 0.3 is 11.9 Å². The van der Waals surface area contributed by atoms with Crippen molar-refractivity contribution in [3.8, 4) is 5.75 Å². The van der Waals surface area contributed by atoms with Crippen molar-refractivity contribution in [1.29, 1.82) is 0 Å². The quantitative estimate of drug-likeness (QED) is 0.114. The lowest BCUT2D eigenvalue weighted by atomic mass is 10.00. The predicted octanol–water partition coefficient (Wildman–Crippen LogP) is 0.0852. The standard InChI is InChI=1S/C62H85N13O17S3/c1-34(2)53-61(89)71-44(25-38-27-64-41-13-8-7-12-40(38)41)56(84)65-28-49(76)68-42(15-16-51(78)79)57(85)72-46(54(63)82)32-94-30-36-22-37-24-39(23-36)91-19-9-5-6-10-20-92-66-29-50(77)67-35(3)55(83)73-47(33-95-31-37)62(90)75-18-11-14-48(75)60(88)69-43(17-21-93-4)58(86)70-45(26-52(80)81)59(87)74-53/h7-8,12-13,22-24,27,29,34-35,42-48,53,64H,5-6,9-11,14-21,25-26,28,30-33H2,1-4H3,(H2,63,82)(H,65,84)(H,67,77)(H,68,76)(H,69,88)(H,70,86)(H,71,89)(H,72,85)(H,73,83)(H,74,87)(H,78,79)(H,80,81)/b66-29+/t35-,42-,43-,44-,45-,46-,47-,48-,53?/m0/s1. The number of carboxylic acids is 2. The van der Waals surface area contributed by atoms with Gasteiger partial charge in [0.05, 0.1) is 19.6 Å². The Morgan fingerprint density at radius 2 is 1.38 bits per heavy atom. The second-order valence-corrected chi connectivity index (χ2v) is 26.5. The highest BCUT2D eigenvalue weighted by Crippen LogP contribution is 2.27. The largest absolute Gasteiger partial charge is 0.494 e. The predicted molar refractivity (Wildman–Crippen MR) is 354 cm³/mol. The summed E-state index contributed by atoms with van der Waals surface area (Å²) in [4.78, 5) is 188. The number of carbonyl (C=O) groups excluding carboxylic acids is 11. The highest BCUT2D eigenvalue weighted by Gasteiger charge is 2.41. The van der Waals surface area contributed by atoms with Gasteiger partial charge in [0.25, 0.3) is 5.91 Å². The number of fused-ring (bicyclic) bond motifs is 7. The van der Waals surface area contributed by atoms with Crippen LogP contribution in [0, 0.1) is 5.92 Å². The summed E-state index contributed by atoms with van der Waals surface area (Å²) < 4.78 is 6.24. The second-order valence-electron chi connectivity index (χ2n) is 23.4. The van der Waals surface area contributed by atoms with E-state index >= 15 is 0 Å². The molecule has 4 bridgehead atoms. The molecule has 3 aromatic rings. The molecule has 95 heavy (non-hydrogen) atoms. The third kappa shape index (κ3) is 24.3. The number of rotatable bonds is 12. The highest BCUT2D eigenvalue weighted by molar-refractivity contribution is 7.99. The molecule has 518 valence electrons. The first kappa shape index (κ1) is 75.4. The molecular formula is C62H85N13O17S3. The summed E-state index contributed by atoms with van der Waals surface area (Å²) in [6.45, 7) is 4.28. The minimum atomic E-state index is -1.85. The molecule has 0 saturated carbocycles. The summed E-state index contributed by atoms with van der Waals surface area (Å²) in [5.41, 5.74) is 8.47. The summed E-state index contributed by atoms with van der Waals surface area (Å²) in [6, 6.07) is -0.302. The fraction of sp³-hybridized carbons (Fsp3) is 0.548. The summed E-state index contributed by atoms with van der Waals surface area (Å²) in [5, 5.41) is 47.1. The van der Waals surface area contributed by atoms with Crippen molar-refractivity contribution < 1.29 is 82.1 Å². The first-order valence-corrected chi connectivity index (χ1v) is 34.9. The van der Waals surface area contributed by atoms with Gasteiger partial charge in [0.2, 0.25) is 59.1 Å². The molecule has 2 aromatic carbocycles. The molecule has 9 atom stereocenters. The number of thioether (sulfide) groups is 3. The molecule has 30 nitrogen and oxygen atoms in total. The number of aliphatic carboxylic acids is 2. The lowest BCUT2D eigenvalue weighted by Gasteiger charge is -2.30. The van der Waals surface area contributed by atoms with Gasteiger partial charge in [-0.3, -0.25) is 62.3 Å². The molecule has 1 saturated heterocycles. The number of benzene rings is 2. The van der Waals surface area contributed by atoms with Crippen LogP contribution in [0.2, 0.25) is 0 Å². The molecule has 33 heteroatoms. The number of H-pyrrole nitrogens is 1. The summed E-state index contributed by atoms with van der Waals surface area (Å²) >= 11 is 3.78. The number of hydrogen-bond donors (Lipinski definition) is 13. The average molecular weight is 1380 g/mol. The maximum Gasteiger partial charge on any atom is 0.305 e. The smallest absolute Gasteiger partial charge is 0.305 e. The summed E-state index contributed by atoms with van der Waals surface area (Å²) in [5.74, 6) is -12.3. The van der Waals surface area contributed by atoms with E-state index < -0.39 is 163 Å². The van der Waals surface area contributed by atoms with E-state index in [2.05, 4.69) is 58.0 Å². The molecule has 6 rings (SSSR count). The number of para-hydroxylation sites is 1. The van der Waals surface area contributed by atoms with E-state index in [0.717, 1.165) is 24.6 Å². The lowest BCUT2D eigenvalue weighted by molar-refractivity contribution is -0.142. The molecule has 0 spiro atoms. The number of carbonyl (C=O) groups is 13. The zero-order valence-electron chi connectivity index (χ0n) is 53.3. The average Bonchev–Trinajstić information content (AvgIpc) is 1.77. The minimum Gasteiger partial charge on any atom is -0.494 e. The van der Waals surface area contributed by atoms with Gasteiger partial charge in [0.15, 0.2) is 0 Å². The van der Waals surface area contributed by atoms with Crippen LogP contribution < -0.4 is 58.3 Å². The number of primary amides is 1. The van der Waals surface area contributed by atoms with Crippen LogP contribution in [0.1, 0.15) is 102 Å². The minimum absolute atomic E-state index is 0.0314. The number of nitrogens with two attached hydrogens (primary N) is 1. The van der Waals surface area contributed by atoms with Crippen LogP contribution in [0.5, 0.6) is 5.75 Å². The third-order valence-corrected chi connectivity index (χ3v) is 18.5. The zero-order chi connectivity index (χ0) is 69.1. The zero-order valence-corrected chi connectivity index (χ0v) is 55.8. The third-order valence-electron chi connectivity index (χ3n) is 15.6. The maximum atomic E-state index is 14.9. The Balaban J connectivity index is 1.37. The van der Waals surface area contributed by atoms with E-state index in [9.17, 15) is 72.5 Å². The van der Waals surface area contributed by atoms with Crippen molar-refractivity contribution in [2.24, 2.45) is 16.8 Å². The van der Waals surface area contributed by atoms with Gasteiger partial charge in [0, 0.05) is 59.5 Å². The molecule has 14 N–H and O–H groups in total. The fourth-order valence-electron chi connectivity index (χ4n) is 10.6. The van der Waals surface area contributed by atoms with Crippen molar-refractivity contribution in [3.63, 3.8) is 0 Å². The van der Waals surface area contributed by atoms with Gasteiger partial charge in [-0.2, -0.15) is 35.3 Å². The first-order chi connectivity index (χ1) is 45.4. The van der Waals surface area contributed by atoms with Crippen molar-refractivity contribution >= 4 is 129 Å². The molecule has 1 aromatic heterocycles. The van der Waals surface area contributed by atoms with Crippen molar-refractivity contribution in [3.05, 3.63) is 65.4 Å². The normalized spacial score (nSPS) is 25.1. The molecular weight excluding hydrogens is 1290 g/mol. The number of aromatic nitrogens is 1. The van der Waals surface area contributed by atoms with Gasteiger partial charge in [0.1, 0.15) is 72.9 Å². The van der Waals surface area contributed by atoms with Crippen LogP contribution in [-0.4, -0.2) is 207 Å². The van der Waals surface area contributed by atoms with E-state index in [-0.39, 0.29) is 61.2 Å². The van der Waals surface area contributed by atoms with E-state index in [0.29, 0.717) is 53.6 Å². The summed E-state index contributed by atoms with van der Waals surface area (Å²) in [7, 11) is 0.